The number of allylic oxidation sites excluding steroid dienone is 5. The zero-order valence-electron chi connectivity index (χ0n) is 14.6. The average molecular weight is 322 g/mol. The van der Waals surface area contributed by atoms with Crippen LogP contribution >= 0.6 is 0 Å². The Bertz CT molecular complexity index is 1060. The molecule has 0 aliphatic heterocycles. The summed E-state index contributed by atoms with van der Waals surface area (Å²) in [6, 6.07) is 15.5. The Balaban J connectivity index is 1.57. The number of fused-ring (bicyclic) bond motifs is 4. The molecule has 3 aliphatic carbocycles. The smallest absolute Gasteiger partial charge is 0.00589 e. The van der Waals surface area contributed by atoms with Gasteiger partial charge in [0.2, 0.25) is 0 Å². The molecule has 0 spiro atoms. The maximum absolute atomic E-state index is 2.46. The molecule has 0 saturated carbocycles. The third kappa shape index (κ3) is 2.44. The van der Waals surface area contributed by atoms with E-state index in [1.807, 2.05) is 0 Å². The summed E-state index contributed by atoms with van der Waals surface area (Å²) < 4.78 is 0. The molecule has 0 aromatic heterocycles. The van der Waals surface area contributed by atoms with Crippen LogP contribution in [0.25, 0.3) is 23.8 Å². The minimum absolute atomic E-state index is 0.518. The quantitative estimate of drug-likeness (QED) is 0.696. The van der Waals surface area contributed by atoms with Crippen molar-refractivity contribution in [3.05, 3.63) is 92.9 Å². The molecule has 3 aliphatic rings. The predicted octanol–water partition coefficient (Wildman–Crippen LogP) is 4.96. The van der Waals surface area contributed by atoms with E-state index in [2.05, 4.69) is 79.8 Å². The molecular weight excluding hydrogens is 300 g/mol. The van der Waals surface area contributed by atoms with Crippen LogP contribution in [-0.2, 0) is 0 Å². The van der Waals surface area contributed by atoms with E-state index in [0.717, 1.165) is 19.3 Å². The van der Waals surface area contributed by atoms with Crippen molar-refractivity contribution < 1.29 is 0 Å². The zero-order valence-corrected chi connectivity index (χ0v) is 14.6. The fraction of sp³-hybridized carbons (Fsp3) is 0.200. The van der Waals surface area contributed by atoms with Crippen molar-refractivity contribution in [2.45, 2.75) is 32.1 Å². The second-order valence-corrected chi connectivity index (χ2v) is 7.43. The first kappa shape index (κ1) is 14.7. The summed E-state index contributed by atoms with van der Waals surface area (Å²) in [7, 11) is 0. The van der Waals surface area contributed by atoms with Gasteiger partial charge in [-0.1, -0.05) is 84.0 Å². The molecule has 2 aromatic carbocycles. The summed E-state index contributed by atoms with van der Waals surface area (Å²) >= 11 is 0. The molecular formula is C25H22. The molecule has 0 amide bonds. The van der Waals surface area contributed by atoms with Gasteiger partial charge in [-0.05, 0) is 58.9 Å². The van der Waals surface area contributed by atoms with Crippen LogP contribution in [0.3, 0.4) is 0 Å². The average Bonchev–Trinajstić information content (AvgIpc) is 2.67. The van der Waals surface area contributed by atoms with Crippen molar-refractivity contribution >= 4 is 23.8 Å². The summed E-state index contributed by atoms with van der Waals surface area (Å²) in [6.07, 6.45) is 15.3. The first-order valence-electron chi connectivity index (χ1n) is 9.26. The van der Waals surface area contributed by atoms with Crippen LogP contribution in [0.5, 0.6) is 0 Å². The van der Waals surface area contributed by atoms with Gasteiger partial charge >= 0.3 is 0 Å². The fourth-order valence-corrected chi connectivity index (χ4v) is 4.45. The summed E-state index contributed by atoms with van der Waals surface area (Å²) in [5, 5.41) is 2.89. The maximum Gasteiger partial charge on any atom is 0.00589 e. The Hall–Kier alpha value is -2.60. The van der Waals surface area contributed by atoms with Gasteiger partial charge in [0.1, 0.15) is 0 Å². The molecule has 25 heavy (non-hydrogen) atoms. The summed E-state index contributed by atoms with van der Waals surface area (Å²) in [5.41, 5.74) is 8.73. The Labute approximate surface area is 149 Å². The maximum atomic E-state index is 2.46. The first-order valence-corrected chi connectivity index (χ1v) is 9.26. The standard InChI is InChI=1S/C25H22/c1-17-7-11-22-20(15-17)9-13-25-23-12-8-19(18-5-3-2-4-6-18)16-21(23)10-14-24(22)25/h2-6,8-9,11-15,19H,7,10,16H2,1H3. The van der Waals surface area contributed by atoms with Gasteiger partial charge in [0.15, 0.2) is 0 Å². The fourth-order valence-electron chi connectivity index (χ4n) is 4.45. The van der Waals surface area contributed by atoms with Gasteiger partial charge in [-0.2, -0.15) is 0 Å². The summed E-state index contributed by atoms with van der Waals surface area (Å²) in [6.45, 7) is 2.22. The van der Waals surface area contributed by atoms with Crippen LogP contribution in [0, 0.1) is 0 Å². The lowest BCUT2D eigenvalue weighted by Gasteiger charge is -2.26. The number of rotatable bonds is 1. The van der Waals surface area contributed by atoms with Crippen LogP contribution in [0.4, 0.5) is 0 Å². The van der Waals surface area contributed by atoms with Gasteiger partial charge in [-0.3, -0.25) is 0 Å². The van der Waals surface area contributed by atoms with Crippen molar-refractivity contribution in [3.8, 4) is 0 Å². The number of hydrogen-bond donors (Lipinski definition) is 0. The Morgan fingerprint density at radius 1 is 0.880 bits per heavy atom. The highest BCUT2D eigenvalue weighted by Gasteiger charge is 2.21. The highest BCUT2D eigenvalue weighted by Crippen LogP contribution is 2.37. The van der Waals surface area contributed by atoms with Crippen LogP contribution in [-0.4, -0.2) is 0 Å². The number of hydrogen-bond acceptors (Lipinski definition) is 0. The Morgan fingerprint density at radius 3 is 2.60 bits per heavy atom. The second-order valence-electron chi connectivity index (χ2n) is 7.43. The molecule has 0 heteroatoms. The molecule has 5 rings (SSSR count). The molecule has 0 saturated heterocycles. The predicted molar refractivity (Wildman–Crippen MR) is 107 cm³/mol. The lowest BCUT2D eigenvalue weighted by atomic mass is 9.78. The lowest BCUT2D eigenvalue weighted by molar-refractivity contribution is 0.803. The highest BCUT2D eigenvalue weighted by molar-refractivity contribution is 5.83. The van der Waals surface area contributed by atoms with Crippen molar-refractivity contribution in [1.29, 1.82) is 0 Å². The monoisotopic (exact) mass is 322 g/mol. The molecule has 1 unspecified atom stereocenters. The van der Waals surface area contributed by atoms with E-state index >= 15 is 0 Å². The first-order chi connectivity index (χ1) is 12.3. The molecule has 2 aromatic rings. The number of benzene rings is 2. The zero-order chi connectivity index (χ0) is 16.8. The normalized spacial score (nSPS) is 20.7. The lowest BCUT2D eigenvalue weighted by Crippen LogP contribution is -2.33. The van der Waals surface area contributed by atoms with E-state index in [1.165, 1.54) is 38.3 Å². The van der Waals surface area contributed by atoms with Gasteiger partial charge in [-0.25, -0.2) is 0 Å². The van der Waals surface area contributed by atoms with Gasteiger partial charge in [0.25, 0.3) is 0 Å². The van der Waals surface area contributed by atoms with Gasteiger partial charge < -0.3 is 0 Å². The van der Waals surface area contributed by atoms with E-state index in [9.17, 15) is 0 Å². The Morgan fingerprint density at radius 2 is 1.72 bits per heavy atom. The van der Waals surface area contributed by atoms with Crippen LogP contribution in [0.2, 0.25) is 0 Å². The Kier molecular flexibility index (Phi) is 3.38. The largest absolute Gasteiger partial charge is 0.0761 e. The molecule has 0 radical (unpaired) electrons. The highest BCUT2D eigenvalue weighted by atomic mass is 14.3. The molecule has 0 nitrogen and oxygen atoms in total. The van der Waals surface area contributed by atoms with Gasteiger partial charge in [0, 0.05) is 5.92 Å². The van der Waals surface area contributed by atoms with Gasteiger partial charge in [0.05, 0.1) is 0 Å². The van der Waals surface area contributed by atoms with Crippen molar-refractivity contribution in [3.63, 3.8) is 0 Å². The van der Waals surface area contributed by atoms with E-state index in [0.29, 0.717) is 5.92 Å². The summed E-state index contributed by atoms with van der Waals surface area (Å²) in [4.78, 5) is 0. The third-order valence-corrected chi connectivity index (χ3v) is 5.76. The molecule has 1 atom stereocenters. The van der Waals surface area contributed by atoms with E-state index in [1.54, 1.807) is 5.57 Å². The minimum Gasteiger partial charge on any atom is -0.0761 e. The molecule has 122 valence electrons. The van der Waals surface area contributed by atoms with Crippen LogP contribution in [0.1, 0.15) is 48.8 Å². The van der Waals surface area contributed by atoms with E-state index in [-0.39, 0.29) is 0 Å². The van der Waals surface area contributed by atoms with Gasteiger partial charge in [-0.15, -0.1) is 0 Å². The summed E-state index contributed by atoms with van der Waals surface area (Å²) in [5.74, 6) is 0.518. The van der Waals surface area contributed by atoms with Crippen LogP contribution in [0.15, 0.2) is 65.8 Å². The SMILES string of the molecule is CC1=Cc2ccc3c(c2=CC1)=CCC1=C3C=CC(c2ccccc2)C1. The minimum atomic E-state index is 0.518. The molecule has 0 heterocycles. The van der Waals surface area contributed by atoms with E-state index in [4.69, 9.17) is 0 Å². The van der Waals surface area contributed by atoms with Crippen LogP contribution < -0.4 is 10.4 Å². The van der Waals surface area contributed by atoms with Crippen molar-refractivity contribution in [2.24, 2.45) is 0 Å². The third-order valence-electron chi connectivity index (χ3n) is 5.76. The molecule has 0 fully saturated rings. The molecule has 0 N–H and O–H groups in total. The topological polar surface area (TPSA) is 0 Å². The second kappa shape index (κ2) is 5.74. The van der Waals surface area contributed by atoms with E-state index < -0.39 is 0 Å². The van der Waals surface area contributed by atoms with Crippen molar-refractivity contribution in [1.82, 2.24) is 0 Å². The van der Waals surface area contributed by atoms with Crippen molar-refractivity contribution in [2.75, 3.05) is 0 Å². The molecule has 0 bridgehead atoms.